The topological polar surface area (TPSA) is 105 Å². The smallest absolute Gasteiger partial charge is 0.321 e. The number of rotatable bonds is 3. The van der Waals surface area contributed by atoms with Gasteiger partial charge < -0.3 is 5.32 Å². The molecule has 0 radical (unpaired) electrons. The number of hydrogen-bond acceptors (Lipinski definition) is 5. The van der Waals surface area contributed by atoms with Gasteiger partial charge in [-0.15, -0.1) is 5.01 Å². The van der Waals surface area contributed by atoms with Crippen molar-refractivity contribution < 1.29 is 14.5 Å². The number of imide groups is 1. The Balaban J connectivity index is 1.75. The van der Waals surface area contributed by atoms with Gasteiger partial charge in [-0.3, -0.25) is 14.9 Å². The zero-order valence-electron chi connectivity index (χ0n) is 12.4. The molecule has 2 aliphatic rings. The van der Waals surface area contributed by atoms with E-state index in [9.17, 15) is 19.7 Å². The van der Waals surface area contributed by atoms with Crippen LogP contribution in [0.25, 0.3) is 0 Å². The fraction of sp³-hybridized carbons (Fsp3) is 0.400. The number of urea groups is 1. The number of hydrogen-bond donors (Lipinski definition) is 1. The molecule has 0 unspecified atom stereocenters. The van der Waals surface area contributed by atoms with Crippen molar-refractivity contribution in [2.45, 2.75) is 37.6 Å². The number of amides is 3. The van der Waals surface area contributed by atoms with Gasteiger partial charge in [-0.25, -0.2) is 4.79 Å². The molecule has 8 heteroatoms. The van der Waals surface area contributed by atoms with Crippen LogP contribution in [0, 0.1) is 10.1 Å². The highest BCUT2D eigenvalue weighted by Gasteiger charge is 2.51. The number of nitrogens with zero attached hydrogens (tertiary/aromatic N) is 3. The number of benzene rings is 1. The first-order chi connectivity index (χ1) is 11.0. The first-order valence-electron chi connectivity index (χ1n) is 7.47. The van der Waals surface area contributed by atoms with Gasteiger partial charge in [0.25, 0.3) is 11.6 Å². The minimum Gasteiger partial charge on any atom is -0.321 e. The van der Waals surface area contributed by atoms with E-state index in [4.69, 9.17) is 0 Å². The molecule has 3 amide bonds. The van der Waals surface area contributed by atoms with E-state index in [2.05, 4.69) is 10.4 Å². The molecule has 0 atom stereocenters. The van der Waals surface area contributed by atoms with E-state index in [0.29, 0.717) is 18.4 Å². The number of non-ortho nitro benzene ring substituents is 1. The fourth-order valence-corrected chi connectivity index (χ4v) is 3.01. The Hall–Kier alpha value is -2.77. The van der Waals surface area contributed by atoms with Crippen LogP contribution in [0.3, 0.4) is 0 Å². The highest BCUT2D eigenvalue weighted by Crippen LogP contribution is 2.33. The van der Waals surface area contributed by atoms with Crippen molar-refractivity contribution in [3.63, 3.8) is 0 Å². The predicted octanol–water partition coefficient (Wildman–Crippen LogP) is 2.18. The normalized spacial score (nSPS) is 20.3. The van der Waals surface area contributed by atoms with Gasteiger partial charge in [-0.05, 0) is 30.5 Å². The standard InChI is InChI=1S/C15H16N4O4/c20-13-15(8-2-1-3-9-15)17-14(21)18(13)16-10-11-4-6-12(7-5-11)19(22)23/h4-7,10H,1-3,8-9H2,(H,17,21). The maximum Gasteiger partial charge on any atom is 0.346 e. The third kappa shape index (κ3) is 2.79. The quantitative estimate of drug-likeness (QED) is 0.399. The van der Waals surface area contributed by atoms with Crippen LogP contribution in [0.5, 0.6) is 0 Å². The molecule has 2 fully saturated rings. The van der Waals surface area contributed by atoms with Gasteiger partial charge in [0.1, 0.15) is 5.54 Å². The van der Waals surface area contributed by atoms with Gasteiger partial charge in [0, 0.05) is 12.1 Å². The van der Waals surface area contributed by atoms with Crippen LogP contribution in [0.15, 0.2) is 29.4 Å². The Morgan fingerprint density at radius 2 is 1.83 bits per heavy atom. The molecule has 1 aromatic rings. The van der Waals surface area contributed by atoms with Crippen molar-refractivity contribution in [1.82, 2.24) is 10.3 Å². The van der Waals surface area contributed by atoms with E-state index in [1.165, 1.54) is 30.5 Å². The first-order valence-corrected chi connectivity index (χ1v) is 7.47. The lowest BCUT2D eigenvalue weighted by Gasteiger charge is -2.29. The van der Waals surface area contributed by atoms with Crippen LogP contribution in [-0.4, -0.2) is 33.6 Å². The summed E-state index contributed by atoms with van der Waals surface area (Å²) in [4.78, 5) is 34.6. The van der Waals surface area contributed by atoms with Gasteiger partial charge in [0.15, 0.2) is 0 Å². The van der Waals surface area contributed by atoms with Crippen LogP contribution >= 0.6 is 0 Å². The van der Waals surface area contributed by atoms with E-state index in [1.807, 2.05) is 0 Å². The Morgan fingerprint density at radius 1 is 1.17 bits per heavy atom. The zero-order chi connectivity index (χ0) is 16.4. The molecule has 1 N–H and O–H groups in total. The summed E-state index contributed by atoms with van der Waals surface area (Å²) in [6.07, 6.45) is 5.51. The SMILES string of the molecule is O=C1NC2(CCCCC2)C(=O)N1N=Cc1ccc([N+](=O)[O-])cc1. The maximum atomic E-state index is 12.5. The molecular weight excluding hydrogens is 300 g/mol. The van der Waals surface area contributed by atoms with Crippen LogP contribution in [-0.2, 0) is 4.79 Å². The summed E-state index contributed by atoms with van der Waals surface area (Å²) < 4.78 is 0. The molecule has 1 aliphatic carbocycles. The van der Waals surface area contributed by atoms with Crippen molar-refractivity contribution in [3.05, 3.63) is 39.9 Å². The minimum atomic E-state index is -0.803. The lowest BCUT2D eigenvalue weighted by Crippen LogP contribution is -2.48. The molecule has 0 aromatic heterocycles. The van der Waals surface area contributed by atoms with Crippen molar-refractivity contribution in [1.29, 1.82) is 0 Å². The summed E-state index contributed by atoms with van der Waals surface area (Å²) in [7, 11) is 0. The van der Waals surface area contributed by atoms with Crippen molar-refractivity contribution in [2.75, 3.05) is 0 Å². The Labute approximate surface area is 132 Å². The minimum absolute atomic E-state index is 0.0294. The molecule has 23 heavy (non-hydrogen) atoms. The van der Waals surface area contributed by atoms with Gasteiger partial charge in [-0.1, -0.05) is 19.3 Å². The number of nitro benzene ring substituents is 1. The second-order valence-electron chi connectivity index (χ2n) is 5.78. The summed E-state index contributed by atoms with van der Waals surface area (Å²) >= 11 is 0. The summed E-state index contributed by atoms with van der Waals surface area (Å²) in [5.41, 5.74) is -0.263. The zero-order valence-corrected chi connectivity index (χ0v) is 12.4. The fourth-order valence-electron chi connectivity index (χ4n) is 3.01. The van der Waals surface area contributed by atoms with E-state index >= 15 is 0 Å². The highest BCUT2D eigenvalue weighted by molar-refractivity contribution is 6.07. The van der Waals surface area contributed by atoms with E-state index in [-0.39, 0.29) is 11.6 Å². The average Bonchev–Trinajstić information content (AvgIpc) is 2.77. The molecule has 8 nitrogen and oxygen atoms in total. The van der Waals surface area contributed by atoms with E-state index in [1.54, 1.807) is 0 Å². The Bertz CT molecular complexity index is 677. The van der Waals surface area contributed by atoms with Crippen molar-refractivity contribution in [2.24, 2.45) is 5.10 Å². The maximum absolute atomic E-state index is 12.5. The summed E-state index contributed by atoms with van der Waals surface area (Å²) in [5, 5.41) is 18.2. The predicted molar refractivity (Wildman–Crippen MR) is 81.9 cm³/mol. The van der Waals surface area contributed by atoms with Gasteiger partial charge >= 0.3 is 6.03 Å². The third-order valence-corrected chi connectivity index (χ3v) is 4.27. The second-order valence-corrected chi connectivity index (χ2v) is 5.78. The molecule has 1 aromatic carbocycles. The number of nitro groups is 1. The molecular formula is C15H16N4O4. The van der Waals surface area contributed by atoms with Crippen LogP contribution in [0.2, 0.25) is 0 Å². The van der Waals surface area contributed by atoms with E-state index < -0.39 is 16.5 Å². The van der Waals surface area contributed by atoms with Gasteiger partial charge in [0.05, 0.1) is 11.1 Å². The van der Waals surface area contributed by atoms with Crippen LogP contribution < -0.4 is 5.32 Å². The lowest BCUT2D eigenvalue weighted by atomic mass is 9.82. The third-order valence-electron chi connectivity index (χ3n) is 4.27. The molecule has 1 heterocycles. The number of carbonyl (C=O) groups excluding carboxylic acids is 2. The first kappa shape index (κ1) is 15.1. The Morgan fingerprint density at radius 3 is 2.43 bits per heavy atom. The molecule has 1 saturated heterocycles. The van der Waals surface area contributed by atoms with E-state index in [0.717, 1.165) is 24.3 Å². The highest BCUT2D eigenvalue weighted by atomic mass is 16.6. The molecule has 1 aliphatic heterocycles. The summed E-state index contributed by atoms with van der Waals surface area (Å²) in [5.74, 6) is -0.319. The average molecular weight is 316 g/mol. The van der Waals surface area contributed by atoms with Gasteiger partial charge in [-0.2, -0.15) is 5.10 Å². The monoisotopic (exact) mass is 316 g/mol. The van der Waals surface area contributed by atoms with Crippen molar-refractivity contribution in [3.8, 4) is 0 Å². The molecule has 120 valence electrons. The van der Waals surface area contributed by atoms with Crippen LogP contribution in [0.1, 0.15) is 37.7 Å². The molecule has 0 bridgehead atoms. The van der Waals surface area contributed by atoms with Gasteiger partial charge in [0.2, 0.25) is 0 Å². The molecule has 1 saturated carbocycles. The molecule has 1 spiro atoms. The number of carbonyl (C=O) groups is 2. The van der Waals surface area contributed by atoms with Crippen molar-refractivity contribution >= 4 is 23.8 Å². The molecule has 3 rings (SSSR count). The lowest BCUT2D eigenvalue weighted by molar-refractivity contribution is -0.384. The number of nitrogens with one attached hydrogen (secondary N) is 1. The Kier molecular flexibility index (Phi) is 3.81. The largest absolute Gasteiger partial charge is 0.346 e. The second kappa shape index (κ2) is 5.79. The summed E-state index contributed by atoms with van der Waals surface area (Å²) in [6, 6.07) is 5.19. The number of hydrazone groups is 1. The van der Waals surface area contributed by atoms with Crippen LogP contribution in [0.4, 0.5) is 10.5 Å². The summed E-state index contributed by atoms with van der Waals surface area (Å²) in [6.45, 7) is 0.